The molecule has 0 aromatic heterocycles. The summed E-state index contributed by atoms with van der Waals surface area (Å²) in [5, 5.41) is 14.2. The number of carbonyl (C=O) groups excluding carboxylic acids is 1. The maximum absolute atomic E-state index is 10.8. The fourth-order valence-corrected chi connectivity index (χ4v) is 1.35. The van der Waals surface area contributed by atoms with Gasteiger partial charge in [0.1, 0.15) is 6.04 Å². The predicted octanol–water partition coefficient (Wildman–Crippen LogP) is -1.10. The van der Waals surface area contributed by atoms with Crippen LogP contribution in [0.4, 0.5) is 0 Å². The van der Waals surface area contributed by atoms with Gasteiger partial charge in [0.25, 0.3) is 0 Å². The smallest absolute Gasteiger partial charge is 0.320 e. The molecule has 0 fully saturated rings. The number of aliphatic carboxylic acids is 1. The van der Waals surface area contributed by atoms with Crippen molar-refractivity contribution in [2.75, 3.05) is 14.1 Å². The van der Waals surface area contributed by atoms with E-state index in [0.717, 1.165) is 0 Å². The first-order valence-electron chi connectivity index (χ1n) is 4.89. The predicted molar refractivity (Wildman–Crippen MR) is 56.4 cm³/mol. The van der Waals surface area contributed by atoms with Gasteiger partial charge < -0.3 is 21.5 Å². The molecule has 2 unspecified atom stereocenters. The number of carboxylic acids is 1. The summed E-state index contributed by atoms with van der Waals surface area (Å²) in [6, 6.07) is -0.938. The second kappa shape index (κ2) is 7.19. The molecular formula is C9H19N3O3. The highest BCUT2D eigenvalue weighted by Gasteiger charge is 2.17. The van der Waals surface area contributed by atoms with Crippen LogP contribution in [0.2, 0.25) is 0 Å². The lowest BCUT2D eigenvalue weighted by Gasteiger charge is -2.14. The zero-order valence-electron chi connectivity index (χ0n) is 9.12. The number of likely N-dealkylation sites (N-methyl/N-ethyl adjacent to an activating group) is 2. The van der Waals surface area contributed by atoms with Crippen molar-refractivity contribution >= 4 is 11.9 Å². The Balaban J connectivity index is 3.85. The summed E-state index contributed by atoms with van der Waals surface area (Å²) < 4.78 is 0. The van der Waals surface area contributed by atoms with Gasteiger partial charge in [0.05, 0.1) is 6.04 Å². The van der Waals surface area contributed by atoms with Crippen molar-refractivity contribution in [1.29, 1.82) is 0 Å². The van der Waals surface area contributed by atoms with Gasteiger partial charge in [-0.25, -0.2) is 0 Å². The van der Waals surface area contributed by atoms with Gasteiger partial charge in [-0.15, -0.1) is 0 Å². The third-order valence-electron chi connectivity index (χ3n) is 2.32. The molecule has 0 aromatic carbocycles. The van der Waals surface area contributed by atoms with Crippen LogP contribution in [-0.4, -0.2) is 43.2 Å². The van der Waals surface area contributed by atoms with Crippen molar-refractivity contribution in [2.45, 2.75) is 31.3 Å². The van der Waals surface area contributed by atoms with Crippen molar-refractivity contribution in [3.05, 3.63) is 0 Å². The number of primary amides is 1. The van der Waals surface area contributed by atoms with Crippen LogP contribution in [-0.2, 0) is 9.59 Å². The van der Waals surface area contributed by atoms with Gasteiger partial charge in [0.2, 0.25) is 5.91 Å². The largest absolute Gasteiger partial charge is 0.480 e. The van der Waals surface area contributed by atoms with E-state index in [1.165, 1.54) is 0 Å². The molecule has 88 valence electrons. The topological polar surface area (TPSA) is 104 Å². The monoisotopic (exact) mass is 217 g/mol. The molecule has 0 aliphatic carbocycles. The van der Waals surface area contributed by atoms with Crippen molar-refractivity contribution in [3.8, 4) is 0 Å². The summed E-state index contributed by atoms with van der Waals surface area (Å²) >= 11 is 0. The first-order chi connectivity index (χ1) is 7.02. The lowest BCUT2D eigenvalue weighted by molar-refractivity contribution is -0.139. The van der Waals surface area contributed by atoms with Gasteiger partial charge in [-0.2, -0.15) is 0 Å². The van der Waals surface area contributed by atoms with Gasteiger partial charge in [-0.1, -0.05) is 0 Å². The van der Waals surface area contributed by atoms with Crippen LogP contribution in [0.15, 0.2) is 0 Å². The molecule has 0 saturated carbocycles. The molecule has 0 spiro atoms. The zero-order valence-corrected chi connectivity index (χ0v) is 9.12. The molecule has 0 saturated heterocycles. The van der Waals surface area contributed by atoms with E-state index in [1.807, 2.05) is 0 Å². The number of carboxylic acid groups (broad SMARTS) is 1. The van der Waals surface area contributed by atoms with E-state index < -0.39 is 17.9 Å². The summed E-state index contributed by atoms with van der Waals surface area (Å²) in [7, 11) is 3.25. The minimum absolute atomic E-state index is 0.378. The molecule has 6 nitrogen and oxygen atoms in total. The summed E-state index contributed by atoms with van der Waals surface area (Å²) in [5.41, 5.74) is 5.12. The molecule has 0 bridgehead atoms. The van der Waals surface area contributed by atoms with E-state index >= 15 is 0 Å². The van der Waals surface area contributed by atoms with Crippen molar-refractivity contribution in [3.63, 3.8) is 0 Å². The summed E-state index contributed by atoms with van der Waals surface area (Å²) in [6.45, 7) is 0. The van der Waals surface area contributed by atoms with E-state index in [2.05, 4.69) is 10.6 Å². The van der Waals surface area contributed by atoms with E-state index in [4.69, 9.17) is 10.8 Å². The highest BCUT2D eigenvalue weighted by molar-refractivity contribution is 5.79. The Hall–Kier alpha value is -1.14. The van der Waals surface area contributed by atoms with Crippen molar-refractivity contribution in [2.24, 2.45) is 5.73 Å². The van der Waals surface area contributed by atoms with Crippen LogP contribution < -0.4 is 16.4 Å². The van der Waals surface area contributed by atoms with Gasteiger partial charge in [0.15, 0.2) is 0 Å². The second-order valence-corrected chi connectivity index (χ2v) is 3.35. The van der Waals surface area contributed by atoms with Gasteiger partial charge in [-0.05, 0) is 33.4 Å². The Morgan fingerprint density at radius 1 is 1.20 bits per heavy atom. The maximum atomic E-state index is 10.8. The standard InChI is InChI=1S/C9H19N3O3/c1-11-6(8(10)13)4-3-5-7(12-2)9(14)15/h6-7,11-12H,3-5H2,1-2H3,(H2,10,13)(H,14,15). The quantitative estimate of drug-likeness (QED) is 0.413. The van der Waals surface area contributed by atoms with E-state index in [-0.39, 0.29) is 6.04 Å². The Morgan fingerprint density at radius 2 is 1.67 bits per heavy atom. The molecule has 0 heterocycles. The fraction of sp³-hybridized carbons (Fsp3) is 0.778. The first kappa shape index (κ1) is 13.9. The number of nitrogens with two attached hydrogens (primary N) is 1. The van der Waals surface area contributed by atoms with Crippen molar-refractivity contribution < 1.29 is 14.7 Å². The Kier molecular flexibility index (Phi) is 6.64. The number of hydrogen-bond donors (Lipinski definition) is 4. The molecule has 1 amide bonds. The number of rotatable bonds is 8. The number of carbonyl (C=O) groups is 2. The molecule has 0 radical (unpaired) electrons. The molecule has 0 aliphatic heterocycles. The lowest BCUT2D eigenvalue weighted by atomic mass is 10.1. The van der Waals surface area contributed by atoms with Crippen molar-refractivity contribution in [1.82, 2.24) is 10.6 Å². The average Bonchev–Trinajstić information content (AvgIpc) is 2.17. The van der Waals surface area contributed by atoms with Gasteiger partial charge >= 0.3 is 5.97 Å². The molecule has 0 aromatic rings. The summed E-state index contributed by atoms with van der Waals surface area (Å²) in [6.07, 6.45) is 1.67. The first-order valence-corrected chi connectivity index (χ1v) is 4.89. The third-order valence-corrected chi connectivity index (χ3v) is 2.32. The molecule has 6 heteroatoms. The number of hydrogen-bond acceptors (Lipinski definition) is 4. The molecular weight excluding hydrogens is 198 g/mol. The van der Waals surface area contributed by atoms with Gasteiger partial charge in [-0.3, -0.25) is 9.59 Å². The third kappa shape index (κ3) is 5.34. The van der Waals surface area contributed by atoms with Crippen LogP contribution in [0.25, 0.3) is 0 Å². The fourth-order valence-electron chi connectivity index (χ4n) is 1.35. The summed E-state index contributed by atoms with van der Waals surface area (Å²) in [4.78, 5) is 21.5. The lowest BCUT2D eigenvalue weighted by Crippen LogP contribution is -2.40. The van der Waals surface area contributed by atoms with E-state index in [1.54, 1.807) is 14.1 Å². The SMILES string of the molecule is CNC(CCCC(NC)C(=O)O)C(N)=O. The maximum Gasteiger partial charge on any atom is 0.320 e. The normalized spacial score (nSPS) is 14.5. The number of amides is 1. The molecule has 0 rings (SSSR count). The van der Waals surface area contributed by atoms with Crippen LogP contribution >= 0.6 is 0 Å². The Bertz CT molecular complexity index is 199. The van der Waals surface area contributed by atoms with Crippen LogP contribution in [0.5, 0.6) is 0 Å². The molecule has 15 heavy (non-hydrogen) atoms. The average molecular weight is 217 g/mol. The van der Waals surface area contributed by atoms with Crippen LogP contribution in [0, 0.1) is 0 Å². The van der Waals surface area contributed by atoms with Gasteiger partial charge in [0, 0.05) is 0 Å². The van der Waals surface area contributed by atoms with Crippen LogP contribution in [0.1, 0.15) is 19.3 Å². The highest BCUT2D eigenvalue weighted by atomic mass is 16.4. The number of nitrogens with one attached hydrogen (secondary N) is 2. The Labute approximate surface area is 89.2 Å². The molecule has 5 N–H and O–H groups in total. The van der Waals surface area contributed by atoms with E-state index in [0.29, 0.717) is 19.3 Å². The minimum Gasteiger partial charge on any atom is -0.480 e. The molecule has 0 aliphatic rings. The second-order valence-electron chi connectivity index (χ2n) is 3.35. The minimum atomic E-state index is -0.877. The Morgan fingerprint density at radius 3 is 2.00 bits per heavy atom. The van der Waals surface area contributed by atoms with E-state index in [9.17, 15) is 9.59 Å². The van der Waals surface area contributed by atoms with Crippen LogP contribution in [0.3, 0.4) is 0 Å². The molecule has 2 atom stereocenters. The zero-order chi connectivity index (χ0) is 11.8. The highest BCUT2D eigenvalue weighted by Crippen LogP contribution is 2.04. The summed E-state index contributed by atoms with van der Waals surface area (Å²) in [5.74, 6) is -1.29.